The van der Waals surface area contributed by atoms with Crippen LogP contribution in [0.5, 0.6) is 5.75 Å². The predicted octanol–water partition coefficient (Wildman–Crippen LogP) is 3.26. The van der Waals surface area contributed by atoms with Crippen LogP contribution in [0.25, 0.3) is 11.5 Å². The van der Waals surface area contributed by atoms with Crippen LogP contribution in [-0.2, 0) is 23.6 Å². The number of carbonyl (C=O) groups is 3. The summed E-state index contributed by atoms with van der Waals surface area (Å²) in [5, 5.41) is 8.79. The van der Waals surface area contributed by atoms with Crippen molar-refractivity contribution < 1.29 is 33.2 Å². The third-order valence-electron chi connectivity index (χ3n) is 7.30. The number of aromatic amines is 1. The maximum Gasteiger partial charge on any atom is 0.323 e. The Morgan fingerprint density at radius 2 is 1.41 bits per heavy atom. The topological polar surface area (TPSA) is 191 Å². The van der Waals surface area contributed by atoms with E-state index < -0.39 is 49.0 Å². The fourth-order valence-electron chi connectivity index (χ4n) is 4.80. The van der Waals surface area contributed by atoms with Gasteiger partial charge in [-0.15, -0.1) is 0 Å². The summed E-state index contributed by atoms with van der Waals surface area (Å²) in [4.78, 5) is 62.4. The van der Waals surface area contributed by atoms with E-state index in [-0.39, 0.29) is 29.9 Å². The minimum atomic E-state index is -3.85. The molecule has 14 nitrogen and oxygen atoms in total. The van der Waals surface area contributed by atoms with Crippen LogP contribution in [0.2, 0.25) is 0 Å². The Kier molecular flexibility index (Phi) is 12.6. The van der Waals surface area contributed by atoms with Crippen LogP contribution in [0.3, 0.4) is 0 Å². The second-order valence-corrected chi connectivity index (χ2v) is 13.0. The van der Waals surface area contributed by atoms with Crippen LogP contribution in [0.1, 0.15) is 55.2 Å². The van der Waals surface area contributed by atoms with Crippen molar-refractivity contribution in [2.45, 2.75) is 45.8 Å². The van der Waals surface area contributed by atoms with Gasteiger partial charge in [-0.3, -0.25) is 28.7 Å². The van der Waals surface area contributed by atoms with E-state index in [2.05, 4.69) is 30.4 Å². The summed E-state index contributed by atoms with van der Waals surface area (Å²) in [5.41, 5.74) is 0.801. The number of carbonyl (C=O) groups excluding carboxylic acids is 3. The monoisotopic (exact) mass is 690 g/mol. The molecule has 1 amide bonds. The van der Waals surface area contributed by atoms with Gasteiger partial charge >= 0.3 is 11.9 Å². The normalized spacial score (nSPS) is 13.1. The quantitative estimate of drug-likeness (QED) is 0.105. The molecule has 0 bridgehead atoms. The molecule has 0 radical (unpaired) electrons. The van der Waals surface area contributed by atoms with E-state index in [4.69, 9.17) is 14.2 Å². The zero-order valence-corrected chi connectivity index (χ0v) is 28.7. The van der Waals surface area contributed by atoms with Gasteiger partial charge in [-0.1, -0.05) is 30.3 Å². The van der Waals surface area contributed by atoms with Crippen LogP contribution in [0.15, 0.2) is 83.9 Å². The molecular weight excluding hydrogens is 651 g/mol. The molecule has 0 saturated heterocycles. The van der Waals surface area contributed by atoms with E-state index in [1.807, 2.05) is 0 Å². The van der Waals surface area contributed by atoms with Crippen LogP contribution in [-0.4, -0.2) is 65.2 Å². The van der Waals surface area contributed by atoms with Gasteiger partial charge in [-0.05, 0) is 75.2 Å². The molecular formula is C34H39N6O8P. The zero-order chi connectivity index (χ0) is 35.6. The summed E-state index contributed by atoms with van der Waals surface area (Å²) in [6, 6.07) is 15.8. The highest BCUT2D eigenvalue weighted by Gasteiger charge is 2.34. The molecule has 2 aromatic carbocycles. The van der Waals surface area contributed by atoms with Gasteiger partial charge in [-0.25, -0.2) is 15.2 Å². The van der Waals surface area contributed by atoms with Crippen molar-refractivity contribution in [3.8, 4) is 17.3 Å². The summed E-state index contributed by atoms with van der Waals surface area (Å²) in [6.45, 7) is 6.59. The highest BCUT2D eigenvalue weighted by Crippen LogP contribution is 2.37. The molecule has 49 heavy (non-hydrogen) atoms. The Morgan fingerprint density at radius 1 is 0.837 bits per heavy atom. The molecule has 0 spiro atoms. The number of ether oxygens (including phenoxy) is 3. The van der Waals surface area contributed by atoms with Crippen molar-refractivity contribution >= 4 is 30.6 Å². The molecule has 0 aliphatic rings. The smallest absolute Gasteiger partial charge is 0.323 e. The number of hydrogen-bond acceptors (Lipinski definition) is 10. The van der Waals surface area contributed by atoms with Crippen LogP contribution in [0.4, 0.5) is 0 Å². The minimum Gasteiger partial charge on any atom is -0.497 e. The Bertz CT molecular complexity index is 1820. The van der Waals surface area contributed by atoms with Crippen LogP contribution < -0.4 is 31.1 Å². The van der Waals surface area contributed by atoms with Gasteiger partial charge < -0.3 is 24.5 Å². The molecule has 0 fully saturated rings. The van der Waals surface area contributed by atoms with E-state index in [0.717, 1.165) is 0 Å². The van der Waals surface area contributed by atoms with Crippen molar-refractivity contribution in [2.24, 2.45) is 0 Å². The average Bonchev–Trinajstić information content (AvgIpc) is 3.11. The third kappa shape index (κ3) is 9.26. The van der Waals surface area contributed by atoms with E-state index in [1.165, 1.54) is 27.2 Å². The molecule has 1 unspecified atom stereocenters. The average molecular weight is 691 g/mol. The largest absolute Gasteiger partial charge is 0.497 e. The van der Waals surface area contributed by atoms with Gasteiger partial charge in [0.05, 0.1) is 26.4 Å². The molecule has 4 rings (SSSR count). The van der Waals surface area contributed by atoms with E-state index in [9.17, 15) is 23.7 Å². The molecule has 15 heteroatoms. The van der Waals surface area contributed by atoms with Gasteiger partial charge in [0.1, 0.15) is 29.1 Å². The van der Waals surface area contributed by atoms with Gasteiger partial charge in [0.2, 0.25) is 7.44 Å². The minimum absolute atomic E-state index is 0.130. The molecule has 0 saturated carbocycles. The lowest BCUT2D eigenvalue weighted by Gasteiger charge is -2.27. The predicted molar refractivity (Wildman–Crippen MR) is 183 cm³/mol. The first-order chi connectivity index (χ1) is 23.5. The molecule has 4 N–H and O–H groups in total. The number of benzene rings is 2. The summed E-state index contributed by atoms with van der Waals surface area (Å²) < 4.78 is 29.9. The van der Waals surface area contributed by atoms with E-state index in [0.29, 0.717) is 22.6 Å². The summed E-state index contributed by atoms with van der Waals surface area (Å²) in [7, 11) is -2.31. The summed E-state index contributed by atoms with van der Waals surface area (Å²) in [5.74, 6) is -1.12. The van der Waals surface area contributed by atoms with Gasteiger partial charge in [-0.2, -0.15) is 0 Å². The molecule has 0 aliphatic carbocycles. The molecule has 2 heterocycles. The first-order valence-electron chi connectivity index (χ1n) is 15.5. The zero-order valence-electron chi connectivity index (χ0n) is 27.8. The molecule has 2 aromatic heterocycles. The summed E-state index contributed by atoms with van der Waals surface area (Å²) >= 11 is 0. The fraction of sp³-hybridized carbons (Fsp3) is 0.294. The first kappa shape index (κ1) is 36.7. The fourth-order valence-corrected chi connectivity index (χ4v) is 7.05. The van der Waals surface area contributed by atoms with Crippen molar-refractivity contribution in [1.82, 2.24) is 30.4 Å². The molecule has 258 valence electrons. The van der Waals surface area contributed by atoms with E-state index >= 15 is 0 Å². The second-order valence-electron chi connectivity index (χ2n) is 10.8. The first-order valence-corrected chi connectivity index (χ1v) is 17.2. The lowest BCUT2D eigenvalue weighted by Crippen LogP contribution is -2.44. The van der Waals surface area contributed by atoms with Crippen molar-refractivity contribution in [3.63, 3.8) is 0 Å². The molecule has 0 aliphatic heterocycles. The maximum absolute atomic E-state index is 14.4. The number of nitrogens with zero attached hydrogens (tertiary/aromatic N) is 2. The SMILES string of the molecule is CCOC(=O)[C@@H](C)NP(=O)(N[C@H](C)C(=O)OCC)c1ccc(C(NC(=O)c2cnc(-c3ccccn3)[nH]c2=O)c2ccc(OC)cc2)cc1. The number of amides is 1. The Balaban J connectivity index is 1.68. The number of pyridine rings is 1. The van der Waals surface area contributed by atoms with Gasteiger partial charge in [0.15, 0.2) is 5.82 Å². The van der Waals surface area contributed by atoms with Crippen LogP contribution in [0, 0.1) is 0 Å². The number of esters is 2. The van der Waals surface area contributed by atoms with Crippen molar-refractivity contribution in [2.75, 3.05) is 20.3 Å². The van der Waals surface area contributed by atoms with Crippen molar-refractivity contribution in [1.29, 1.82) is 0 Å². The lowest BCUT2D eigenvalue weighted by molar-refractivity contribution is -0.145. The number of H-pyrrole nitrogens is 1. The molecule has 4 aromatic rings. The highest BCUT2D eigenvalue weighted by atomic mass is 31.2. The number of hydrogen-bond donors (Lipinski definition) is 4. The lowest BCUT2D eigenvalue weighted by atomic mass is 9.98. The maximum atomic E-state index is 14.4. The van der Waals surface area contributed by atoms with Crippen LogP contribution >= 0.6 is 7.44 Å². The summed E-state index contributed by atoms with van der Waals surface area (Å²) in [6.07, 6.45) is 2.75. The van der Waals surface area contributed by atoms with Gasteiger partial charge in [0.25, 0.3) is 11.5 Å². The Morgan fingerprint density at radius 3 is 1.90 bits per heavy atom. The Hall–Kier alpha value is -5.17. The number of aromatic nitrogens is 3. The second kappa shape index (κ2) is 16.8. The highest BCUT2D eigenvalue weighted by molar-refractivity contribution is 7.67. The Labute approximate surface area is 283 Å². The van der Waals surface area contributed by atoms with E-state index in [1.54, 1.807) is 86.8 Å². The molecule has 3 atom stereocenters. The third-order valence-corrected chi connectivity index (χ3v) is 9.82. The standard InChI is InChI=1S/C34H39N6O8P/c1-6-47-33(43)21(3)39-49(45,40-22(4)34(44)48-7-2)26-17-13-24(14-18-26)29(23-11-15-25(46-5)16-12-23)37-31(41)27-20-36-30(38-32(27)42)28-10-8-9-19-35-28/h8-22,29H,6-7H2,1-5H3,(H,37,41)(H,36,38,42)(H2,39,40,45)/t21-,22-,29?/m1/s1. The number of nitrogens with one attached hydrogen (secondary N) is 4. The number of methoxy groups -OCH3 is 1. The number of rotatable bonds is 15. The van der Waals surface area contributed by atoms with Gasteiger partial charge in [0, 0.05) is 17.7 Å². The van der Waals surface area contributed by atoms with Crippen molar-refractivity contribution in [3.05, 3.63) is 106 Å².